The molecule has 2 aromatic carbocycles. The highest BCUT2D eigenvalue weighted by molar-refractivity contribution is 7.22. The number of anilines is 1. The van der Waals surface area contributed by atoms with Crippen LogP contribution in [0.25, 0.3) is 21.6 Å². The van der Waals surface area contributed by atoms with Crippen molar-refractivity contribution in [1.82, 2.24) is 14.4 Å². The number of benzene rings is 2. The molecule has 1 fully saturated rings. The van der Waals surface area contributed by atoms with E-state index in [1.54, 1.807) is 24.3 Å². The molecule has 6 rings (SSSR count). The number of ketones is 1. The standard InChI is InChI=1S/C28H21ClN4O3S/c1-14-9-10-19-20(12-14)37-28(30-19)33-23(17-7-4-8-18(29)13-17)21(25(35)27(33)36)24(34)22-16(3)32-11-5-6-15(2)26(32)31-22/h4-13,23,34H,1-3H3/b24-21+. The number of Topliss-reactive ketones (excluding diaryl/α,β-unsaturated/α-hetero) is 1. The summed E-state index contributed by atoms with van der Waals surface area (Å²) in [5.41, 5.74) is 4.81. The number of fused-ring (bicyclic) bond motifs is 2. The van der Waals surface area contributed by atoms with Gasteiger partial charge < -0.3 is 9.51 Å². The summed E-state index contributed by atoms with van der Waals surface area (Å²) < 4.78 is 2.75. The third-order valence-electron chi connectivity index (χ3n) is 6.66. The number of rotatable bonds is 3. The van der Waals surface area contributed by atoms with Crippen molar-refractivity contribution in [1.29, 1.82) is 0 Å². The van der Waals surface area contributed by atoms with Crippen LogP contribution in [0.1, 0.15) is 34.1 Å². The van der Waals surface area contributed by atoms with Crippen LogP contribution in [-0.2, 0) is 9.59 Å². The first kappa shape index (κ1) is 23.4. The Morgan fingerprint density at radius 3 is 2.59 bits per heavy atom. The zero-order chi connectivity index (χ0) is 26.0. The second kappa shape index (κ2) is 8.54. The number of imidazole rings is 1. The van der Waals surface area contributed by atoms with Crippen molar-refractivity contribution in [3.05, 3.63) is 99.5 Å². The second-order valence-electron chi connectivity index (χ2n) is 9.12. The van der Waals surface area contributed by atoms with Crippen molar-refractivity contribution >= 4 is 61.4 Å². The number of aromatic nitrogens is 3. The van der Waals surface area contributed by atoms with Crippen LogP contribution in [0.2, 0.25) is 5.02 Å². The number of aliphatic hydroxyl groups excluding tert-OH is 1. The Kier molecular flexibility index (Phi) is 5.40. The van der Waals surface area contributed by atoms with E-state index >= 15 is 0 Å². The molecule has 1 aliphatic rings. The monoisotopic (exact) mass is 528 g/mol. The van der Waals surface area contributed by atoms with Crippen LogP contribution in [0.5, 0.6) is 0 Å². The summed E-state index contributed by atoms with van der Waals surface area (Å²) in [6, 6.07) is 15.6. The zero-order valence-electron chi connectivity index (χ0n) is 20.2. The number of hydrogen-bond acceptors (Lipinski definition) is 6. The topological polar surface area (TPSA) is 87.8 Å². The average Bonchev–Trinajstić information content (AvgIpc) is 3.51. The Morgan fingerprint density at radius 1 is 1.03 bits per heavy atom. The minimum atomic E-state index is -0.925. The first-order valence-corrected chi connectivity index (χ1v) is 12.8. The van der Waals surface area contributed by atoms with Crippen molar-refractivity contribution in [2.75, 3.05) is 4.90 Å². The molecular weight excluding hydrogens is 508 g/mol. The molecule has 0 saturated carbocycles. The highest BCUT2D eigenvalue weighted by atomic mass is 35.5. The van der Waals surface area contributed by atoms with E-state index in [0.717, 1.165) is 21.3 Å². The van der Waals surface area contributed by atoms with E-state index < -0.39 is 17.7 Å². The number of hydrogen-bond donors (Lipinski definition) is 1. The van der Waals surface area contributed by atoms with Crippen LogP contribution in [0.4, 0.5) is 5.13 Å². The molecule has 1 N–H and O–H groups in total. The van der Waals surface area contributed by atoms with E-state index in [4.69, 9.17) is 11.6 Å². The van der Waals surface area contributed by atoms with Crippen molar-refractivity contribution in [3.8, 4) is 0 Å². The second-order valence-corrected chi connectivity index (χ2v) is 10.6. The zero-order valence-corrected chi connectivity index (χ0v) is 21.8. The molecule has 1 saturated heterocycles. The highest BCUT2D eigenvalue weighted by Crippen LogP contribution is 2.45. The minimum Gasteiger partial charge on any atom is -0.505 e. The lowest BCUT2D eigenvalue weighted by Crippen LogP contribution is -2.29. The van der Waals surface area contributed by atoms with Crippen molar-refractivity contribution in [2.24, 2.45) is 0 Å². The fourth-order valence-corrected chi connectivity index (χ4v) is 6.11. The van der Waals surface area contributed by atoms with Gasteiger partial charge in [0.05, 0.1) is 27.5 Å². The summed E-state index contributed by atoms with van der Waals surface area (Å²) in [4.78, 5) is 37.7. The number of thiazole rings is 1. The molecule has 0 aliphatic carbocycles. The van der Waals surface area contributed by atoms with Gasteiger partial charge in [0, 0.05) is 11.2 Å². The van der Waals surface area contributed by atoms with Crippen LogP contribution in [-0.4, -0.2) is 31.2 Å². The predicted molar refractivity (Wildman–Crippen MR) is 145 cm³/mol. The average molecular weight is 529 g/mol. The predicted octanol–water partition coefficient (Wildman–Crippen LogP) is 6.15. The molecule has 0 radical (unpaired) electrons. The molecule has 4 heterocycles. The number of aryl methyl sites for hydroxylation is 3. The maximum atomic E-state index is 13.5. The molecule has 1 unspecified atom stereocenters. The highest BCUT2D eigenvalue weighted by Gasteiger charge is 2.48. The molecule has 37 heavy (non-hydrogen) atoms. The fourth-order valence-electron chi connectivity index (χ4n) is 4.82. The number of nitrogens with zero attached hydrogens (tertiary/aromatic N) is 4. The van der Waals surface area contributed by atoms with Gasteiger partial charge in [0.1, 0.15) is 11.3 Å². The van der Waals surface area contributed by atoms with Gasteiger partial charge in [-0.3, -0.25) is 14.5 Å². The molecule has 1 atom stereocenters. The Hall–Kier alpha value is -4.01. The lowest BCUT2D eigenvalue weighted by molar-refractivity contribution is -0.132. The third kappa shape index (κ3) is 3.63. The molecule has 1 aliphatic heterocycles. The smallest absolute Gasteiger partial charge is 0.301 e. The summed E-state index contributed by atoms with van der Waals surface area (Å²) in [7, 11) is 0. The van der Waals surface area contributed by atoms with Crippen molar-refractivity contribution in [3.63, 3.8) is 0 Å². The van der Waals surface area contributed by atoms with Gasteiger partial charge in [-0.2, -0.15) is 0 Å². The molecule has 5 aromatic rings. The summed E-state index contributed by atoms with van der Waals surface area (Å²) in [5.74, 6) is -1.89. The van der Waals surface area contributed by atoms with E-state index in [0.29, 0.717) is 27.1 Å². The minimum absolute atomic E-state index is 0.0492. The number of carbonyl (C=O) groups is 2. The van der Waals surface area contributed by atoms with Gasteiger partial charge >= 0.3 is 5.91 Å². The van der Waals surface area contributed by atoms with Crippen molar-refractivity contribution < 1.29 is 14.7 Å². The molecular formula is C28H21ClN4O3S. The van der Waals surface area contributed by atoms with E-state index in [-0.39, 0.29) is 17.0 Å². The van der Waals surface area contributed by atoms with Crippen LogP contribution in [0.3, 0.4) is 0 Å². The van der Waals surface area contributed by atoms with Gasteiger partial charge in [0.2, 0.25) is 0 Å². The first-order valence-electron chi connectivity index (χ1n) is 11.6. The summed E-state index contributed by atoms with van der Waals surface area (Å²) in [6.45, 7) is 5.72. The van der Waals surface area contributed by atoms with E-state index in [1.807, 2.05) is 61.7 Å². The van der Waals surface area contributed by atoms with Gasteiger partial charge in [-0.05, 0) is 67.8 Å². The Morgan fingerprint density at radius 2 is 1.84 bits per heavy atom. The number of aliphatic hydroxyl groups is 1. The quantitative estimate of drug-likeness (QED) is 0.172. The molecule has 184 valence electrons. The van der Waals surface area contributed by atoms with Crippen LogP contribution >= 0.6 is 22.9 Å². The normalized spacial score (nSPS) is 17.4. The van der Waals surface area contributed by atoms with Gasteiger partial charge in [-0.1, -0.05) is 47.2 Å². The van der Waals surface area contributed by atoms with Gasteiger partial charge in [-0.15, -0.1) is 0 Å². The van der Waals surface area contributed by atoms with E-state index in [9.17, 15) is 14.7 Å². The first-order chi connectivity index (χ1) is 17.7. The molecule has 3 aromatic heterocycles. The van der Waals surface area contributed by atoms with Crippen LogP contribution in [0.15, 0.2) is 66.4 Å². The number of carbonyl (C=O) groups excluding carboxylic acids is 2. The maximum Gasteiger partial charge on any atom is 0.301 e. The number of amides is 1. The van der Waals surface area contributed by atoms with Crippen LogP contribution in [0, 0.1) is 20.8 Å². The Balaban J connectivity index is 1.61. The van der Waals surface area contributed by atoms with Gasteiger partial charge in [-0.25, -0.2) is 9.97 Å². The summed E-state index contributed by atoms with van der Waals surface area (Å²) in [6.07, 6.45) is 1.84. The number of halogens is 1. The number of pyridine rings is 1. The third-order valence-corrected chi connectivity index (χ3v) is 7.91. The lowest BCUT2D eigenvalue weighted by Gasteiger charge is -2.23. The maximum absolute atomic E-state index is 13.5. The molecule has 1 amide bonds. The lowest BCUT2D eigenvalue weighted by atomic mass is 9.96. The Labute approximate surface area is 221 Å². The largest absolute Gasteiger partial charge is 0.505 e. The molecule has 0 bridgehead atoms. The summed E-state index contributed by atoms with van der Waals surface area (Å²) in [5, 5.41) is 12.4. The van der Waals surface area contributed by atoms with Gasteiger partial charge in [0.25, 0.3) is 5.78 Å². The molecule has 0 spiro atoms. The SMILES string of the molecule is Cc1ccc2nc(N3C(=O)C(=O)/C(=C(/O)c4nc5c(C)cccn5c4C)C3c3cccc(Cl)c3)sc2c1. The fraction of sp³-hybridized carbons (Fsp3) is 0.143. The van der Waals surface area contributed by atoms with Gasteiger partial charge in [0.15, 0.2) is 10.9 Å². The van der Waals surface area contributed by atoms with Crippen LogP contribution < -0.4 is 4.90 Å². The summed E-state index contributed by atoms with van der Waals surface area (Å²) >= 11 is 7.64. The van der Waals surface area contributed by atoms with E-state index in [1.165, 1.54) is 16.2 Å². The van der Waals surface area contributed by atoms with E-state index in [2.05, 4.69) is 9.97 Å². The Bertz CT molecular complexity index is 1800. The molecule has 7 nitrogen and oxygen atoms in total. The van der Waals surface area contributed by atoms with Crippen molar-refractivity contribution in [2.45, 2.75) is 26.8 Å². The molecule has 9 heteroatoms.